The van der Waals surface area contributed by atoms with Crippen molar-refractivity contribution >= 4 is 33.4 Å². The third-order valence-corrected chi connectivity index (χ3v) is 13.8. The highest BCUT2D eigenvalue weighted by molar-refractivity contribution is 7.61. The molecule has 0 spiro atoms. The van der Waals surface area contributed by atoms with E-state index >= 15 is 0 Å². The number of aliphatic hydroxyl groups excluding tert-OH is 3. The van der Waals surface area contributed by atoms with Crippen LogP contribution >= 0.6 is 15.6 Å². The number of esters is 2. The van der Waals surface area contributed by atoms with E-state index in [1.165, 1.54) is 57.4 Å². The van der Waals surface area contributed by atoms with Gasteiger partial charge in [0.05, 0.1) is 19.3 Å². The van der Waals surface area contributed by atoms with E-state index in [9.17, 15) is 48.6 Å². The Morgan fingerprint density at radius 1 is 0.797 bits per heavy atom. The molecule has 0 bridgehead atoms. The normalized spacial score (nSPS) is 20.2. The summed E-state index contributed by atoms with van der Waals surface area (Å²) in [6.07, 6.45) is 25.6. The van der Waals surface area contributed by atoms with Crippen molar-refractivity contribution in [3.63, 3.8) is 0 Å². The topological polar surface area (TPSA) is 286 Å². The van der Waals surface area contributed by atoms with Crippen LogP contribution in [0.2, 0.25) is 0 Å². The van der Waals surface area contributed by atoms with Crippen molar-refractivity contribution in [2.24, 2.45) is 5.92 Å². The molecule has 2 rings (SSSR count). The number of carbonyl (C=O) groups excluding carboxylic acids is 2. The highest BCUT2D eigenvalue weighted by atomic mass is 31.3. The lowest BCUT2D eigenvalue weighted by atomic mass is 10.0. The first-order valence-electron chi connectivity index (χ1n) is 25.0. The number of unbranched alkanes of at least 4 members (excludes halogenated alkanes) is 16. The van der Waals surface area contributed by atoms with E-state index in [0.29, 0.717) is 19.3 Å². The van der Waals surface area contributed by atoms with Crippen LogP contribution in [0.15, 0.2) is 53.5 Å². The zero-order chi connectivity index (χ0) is 50.9. The molecular weight excluding hydrogens is 936 g/mol. The Bertz CT molecular complexity index is 1830. The van der Waals surface area contributed by atoms with Gasteiger partial charge in [-0.05, 0) is 50.5 Å². The van der Waals surface area contributed by atoms with Crippen LogP contribution in [0.4, 0.5) is 5.82 Å². The molecule has 7 N–H and O–H groups in total. The number of hydrogen-bond acceptors (Lipinski definition) is 16. The standard InChI is InChI=1S/C48H83N3O16P2/c1-4-5-23-29-39(52)30-25-20-16-12-10-14-17-21-26-31-43(53)62-35-40(65-44(54)32-27-22-18-13-9-7-6-8-11-15-19-24-28-38(2)3)36-63-68(58,59)67-69(60,61)64-37-41-45(55)46(56)47(66-41)51-34-33-42(49)50-48(51)57/h5,16,20,23,25,30,33-34,38-41,45-47,52,55-56H,4,6-15,17-19,21-22,24,26-29,31-32,35-37H2,1-3H3,(H,58,59)(H,60,61)(H2,49,50,57)/b20-16+,23-5+,30-25+/t39?,40-,41-,45-,46-,47-/m1/s1. The Morgan fingerprint density at radius 3 is 1.99 bits per heavy atom. The molecule has 0 aliphatic carbocycles. The first-order valence-corrected chi connectivity index (χ1v) is 28.0. The van der Waals surface area contributed by atoms with E-state index in [1.54, 1.807) is 6.08 Å². The third-order valence-electron chi connectivity index (χ3n) is 11.2. The van der Waals surface area contributed by atoms with Crippen LogP contribution in [-0.4, -0.2) is 96.9 Å². The minimum atomic E-state index is -5.44. The van der Waals surface area contributed by atoms with Crippen LogP contribution in [0.3, 0.4) is 0 Å². The summed E-state index contributed by atoms with van der Waals surface area (Å²) >= 11 is 0. The first kappa shape index (κ1) is 62.1. The number of ether oxygens (including phenoxy) is 3. The molecule has 2 heterocycles. The van der Waals surface area contributed by atoms with Gasteiger partial charge in [0.1, 0.15) is 30.7 Å². The van der Waals surface area contributed by atoms with Crippen molar-refractivity contribution in [2.75, 3.05) is 25.6 Å². The van der Waals surface area contributed by atoms with Crippen molar-refractivity contribution in [1.29, 1.82) is 0 Å². The predicted molar refractivity (Wildman–Crippen MR) is 262 cm³/mol. The van der Waals surface area contributed by atoms with E-state index in [2.05, 4.69) is 23.1 Å². The zero-order valence-electron chi connectivity index (χ0n) is 41.1. The minimum absolute atomic E-state index is 0.0366. The van der Waals surface area contributed by atoms with Gasteiger partial charge in [0.25, 0.3) is 0 Å². The average Bonchev–Trinajstić information content (AvgIpc) is 3.56. The zero-order valence-corrected chi connectivity index (χ0v) is 42.9. The largest absolute Gasteiger partial charge is 0.481 e. The van der Waals surface area contributed by atoms with Crippen LogP contribution < -0.4 is 11.4 Å². The third kappa shape index (κ3) is 29.8. The minimum Gasteiger partial charge on any atom is -0.462 e. The summed E-state index contributed by atoms with van der Waals surface area (Å²) in [6, 6.07) is 1.24. The van der Waals surface area contributed by atoms with E-state index in [-0.39, 0.29) is 18.7 Å². The first-order chi connectivity index (χ1) is 32.9. The number of nitrogen functional groups attached to an aromatic ring is 1. The molecule has 69 heavy (non-hydrogen) atoms. The summed E-state index contributed by atoms with van der Waals surface area (Å²) in [4.78, 5) is 61.9. The smallest absolute Gasteiger partial charge is 0.462 e. The number of aliphatic hydroxyl groups is 3. The molecule has 1 aromatic rings. The molecule has 0 saturated carbocycles. The van der Waals surface area contributed by atoms with E-state index in [4.69, 9.17) is 29.0 Å². The Hall–Kier alpha value is -3.06. The van der Waals surface area contributed by atoms with E-state index in [1.807, 2.05) is 37.3 Å². The lowest BCUT2D eigenvalue weighted by molar-refractivity contribution is -0.161. The van der Waals surface area contributed by atoms with Gasteiger partial charge in [-0.15, -0.1) is 0 Å². The molecule has 8 atom stereocenters. The molecule has 21 heteroatoms. The second-order valence-corrected chi connectivity index (χ2v) is 21.0. The van der Waals surface area contributed by atoms with Gasteiger partial charge in [0.2, 0.25) is 0 Å². The second kappa shape index (κ2) is 35.9. The van der Waals surface area contributed by atoms with Gasteiger partial charge in [-0.1, -0.05) is 154 Å². The SMILES string of the molecule is CC/C=C/CC(O)/C=C/C=C/CCCCCCCC(=O)OC[C@H](COP(=O)(O)OP(=O)(O)OC[C@H]1O[C@@H](n2ccc(N)nc2=O)[C@H](O)[C@@H]1O)OC(=O)CCCCCCCCCCCCCCC(C)C. The van der Waals surface area contributed by atoms with Crippen molar-refractivity contribution in [2.45, 2.75) is 205 Å². The van der Waals surface area contributed by atoms with Gasteiger partial charge in [-0.2, -0.15) is 9.29 Å². The summed E-state index contributed by atoms with van der Waals surface area (Å²) in [7, 11) is -10.9. The lowest BCUT2D eigenvalue weighted by Gasteiger charge is -2.21. The molecule has 3 unspecified atom stereocenters. The summed E-state index contributed by atoms with van der Waals surface area (Å²) < 4.78 is 56.7. The number of phosphoric ester groups is 2. The van der Waals surface area contributed by atoms with E-state index < -0.39 is 89.8 Å². The molecule has 1 saturated heterocycles. The van der Waals surface area contributed by atoms with E-state index in [0.717, 1.165) is 80.9 Å². The number of rotatable bonds is 40. The maximum absolute atomic E-state index is 12.9. The molecule has 0 aromatic carbocycles. The molecule has 1 aromatic heterocycles. The number of carbonyl (C=O) groups is 2. The Morgan fingerprint density at radius 2 is 1.38 bits per heavy atom. The van der Waals surface area contributed by atoms with Gasteiger partial charge in [-0.25, -0.2) is 13.9 Å². The van der Waals surface area contributed by atoms with Gasteiger partial charge in [0, 0.05) is 19.0 Å². The van der Waals surface area contributed by atoms with Crippen molar-refractivity contribution in [1.82, 2.24) is 9.55 Å². The summed E-state index contributed by atoms with van der Waals surface area (Å²) in [5, 5.41) is 30.8. The van der Waals surface area contributed by atoms with Gasteiger partial charge < -0.3 is 45.1 Å². The number of anilines is 1. The fourth-order valence-electron chi connectivity index (χ4n) is 7.36. The number of nitrogens with zero attached hydrogens (tertiary/aromatic N) is 2. The fraction of sp³-hybridized carbons (Fsp3) is 0.750. The molecule has 1 aliphatic heterocycles. The monoisotopic (exact) mass is 1020 g/mol. The summed E-state index contributed by atoms with van der Waals surface area (Å²) in [5.74, 6) is -0.583. The quantitative estimate of drug-likeness (QED) is 0.0118. The second-order valence-electron chi connectivity index (χ2n) is 18.0. The van der Waals surface area contributed by atoms with Crippen LogP contribution in [0.1, 0.15) is 175 Å². The average molecular weight is 1020 g/mol. The molecule has 396 valence electrons. The molecular formula is C48H83N3O16P2. The molecule has 0 amide bonds. The number of allylic oxidation sites excluding steroid dienone is 4. The Balaban J connectivity index is 1.82. The highest BCUT2D eigenvalue weighted by Crippen LogP contribution is 2.60. The predicted octanol–water partition coefficient (Wildman–Crippen LogP) is 8.83. The Kier molecular flexibility index (Phi) is 32.3. The van der Waals surface area contributed by atoms with Crippen LogP contribution in [0, 0.1) is 5.92 Å². The maximum atomic E-state index is 12.9. The summed E-state index contributed by atoms with van der Waals surface area (Å²) in [5.41, 5.74) is 4.58. The van der Waals surface area contributed by atoms with Gasteiger partial charge >= 0.3 is 33.3 Å². The molecule has 0 radical (unpaired) electrons. The van der Waals surface area contributed by atoms with Gasteiger partial charge in [0.15, 0.2) is 12.3 Å². The Labute approximate surface area is 409 Å². The molecule has 19 nitrogen and oxygen atoms in total. The maximum Gasteiger partial charge on any atom is 0.481 e. The van der Waals surface area contributed by atoms with Crippen LogP contribution in [0.25, 0.3) is 0 Å². The lowest BCUT2D eigenvalue weighted by Crippen LogP contribution is -2.36. The van der Waals surface area contributed by atoms with Crippen LogP contribution in [0.5, 0.6) is 0 Å². The van der Waals surface area contributed by atoms with Crippen molar-refractivity contribution in [3.05, 3.63) is 59.2 Å². The molecule has 1 aliphatic rings. The number of hydrogen-bond donors (Lipinski definition) is 6. The van der Waals surface area contributed by atoms with Gasteiger partial charge in [-0.3, -0.25) is 23.2 Å². The summed E-state index contributed by atoms with van der Waals surface area (Å²) in [6.45, 7) is 4.22. The fourth-order valence-corrected chi connectivity index (χ4v) is 9.47. The molecule has 1 fully saturated rings. The van der Waals surface area contributed by atoms with Crippen molar-refractivity contribution in [3.8, 4) is 0 Å². The number of nitrogens with two attached hydrogens (primary N) is 1. The van der Waals surface area contributed by atoms with Crippen molar-refractivity contribution < 1.29 is 71.4 Å². The highest BCUT2D eigenvalue weighted by Gasteiger charge is 2.46. The number of phosphoric acid groups is 2. The van der Waals surface area contributed by atoms with Crippen LogP contribution in [-0.2, 0) is 46.3 Å². The number of aromatic nitrogens is 2.